The van der Waals surface area contributed by atoms with Gasteiger partial charge >= 0.3 is 0 Å². The van der Waals surface area contributed by atoms with Gasteiger partial charge in [-0.2, -0.15) is 0 Å². The van der Waals surface area contributed by atoms with Gasteiger partial charge in [-0.1, -0.05) is 6.07 Å². The lowest BCUT2D eigenvalue weighted by Gasteiger charge is -2.39. The number of nitrogens with zero attached hydrogens (tertiary/aromatic N) is 3. The molecular weight excluding hydrogens is 406 g/mol. The second kappa shape index (κ2) is 9.38. The molecule has 0 bridgehead atoms. The highest BCUT2D eigenvalue weighted by atomic mass is 19.1. The summed E-state index contributed by atoms with van der Waals surface area (Å²) in [5.74, 6) is -1.55. The molecule has 1 heterocycles. The first-order chi connectivity index (χ1) is 14.7. The first-order valence-corrected chi connectivity index (χ1v) is 10.2. The van der Waals surface area contributed by atoms with Crippen LogP contribution in [0.15, 0.2) is 36.4 Å². The number of nitro groups is 1. The highest BCUT2D eigenvalue weighted by molar-refractivity contribution is 5.96. The van der Waals surface area contributed by atoms with Gasteiger partial charge in [-0.3, -0.25) is 19.8 Å². The number of amides is 1. The third-order valence-corrected chi connectivity index (χ3v) is 5.47. The Kier molecular flexibility index (Phi) is 6.84. The molecule has 1 saturated heterocycles. The Bertz CT molecular complexity index is 975. The van der Waals surface area contributed by atoms with Crippen molar-refractivity contribution in [1.29, 1.82) is 0 Å². The summed E-state index contributed by atoms with van der Waals surface area (Å²) in [5, 5.41) is 14.4. The van der Waals surface area contributed by atoms with E-state index < -0.39 is 16.6 Å². The van der Waals surface area contributed by atoms with Gasteiger partial charge in [-0.05, 0) is 39.0 Å². The van der Waals surface area contributed by atoms with E-state index in [0.717, 1.165) is 6.07 Å². The van der Waals surface area contributed by atoms with E-state index in [4.69, 9.17) is 0 Å². The van der Waals surface area contributed by atoms with Crippen molar-refractivity contribution < 1.29 is 18.5 Å². The van der Waals surface area contributed by atoms with Crippen molar-refractivity contribution in [3.05, 3.63) is 69.3 Å². The average Bonchev–Trinajstić information content (AvgIpc) is 2.72. The molecule has 1 amide bonds. The van der Waals surface area contributed by atoms with E-state index in [1.165, 1.54) is 18.2 Å². The van der Waals surface area contributed by atoms with E-state index in [0.29, 0.717) is 37.4 Å². The molecule has 31 heavy (non-hydrogen) atoms. The molecule has 1 aliphatic rings. The monoisotopic (exact) mass is 432 g/mol. The zero-order valence-corrected chi connectivity index (χ0v) is 17.8. The maximum Gasteiger partial charge on any atom is 0.293 e. The molecule has 0 radical (unpaired) electrons. The molecule has 2 aromatic carbocycles. The lowest BCUT2D eigenvalue weighted by atomic mass is 10.0. The summed E-state index contributed by atoms with van der Waals surface area (Å²) in [4.78, 5) is 27.3. The number of carbonyl (C=O) groups excluding carboxylic acids is 1. The molecule has 0 spiro atoms. The standard InChI is InChI=1S/C22H26F2N4O3/c1-14(2)25-22(29)16-4-7-20(21(12-16)28(30)31)27-10-8-26(9-11-27)15(3)18-6-5-17(23)13-19(18)24/h4-7,12-15H,8-11H2,1-3H3,(H,25,29). The molecule has 0 saturated carbocycles. The van der Waals surface area contributed by atoms with Crippen LogP contribution in [0.2, 0.25) is 0 Å². The molecule has 1 aliphatic heterocycles. The molecule has 3 rings (SSSR count). The van der Waals surface area contributed by atoms with Gasteiger partial charge in [0, 0.05) is 61.5 Å². The van der Waals surface area contributed by atoms with E-state index in [-0.39, 0.29) is 29.2 Å². The largest absolute Gasteiger partial charge is 0.363 e. The van der Waals surface area contributed by atoms with Crippen LogP contribution in [-0.4, -0.2) is 48.0 Å². The Labute approximate surface area is 179 Å². The maximum atomic E-state index is 14.1. The van der Waals surface area contributed by atoms with Crippen molar-refractivity contribution in [3.63, 3.8) is 0 Å². The lowest BCUT2D eigenvalue weighted by Crippen LogP contribution is -2.47. The summed E-state index contributed by atoms with van der Waals surface area (Å²) in [6.45, 7) is 7.63. The van der Waals surface area contributed by atoms with E-state index in [9.17, 15) is 23.7 Å². The first kappa shape index (κ1) is 22.6. The van der Waals surface area contributed by atoms with Crippen LogP contribution in [-0.2, 0) is 0 Å². The first-order valence-electron chi connectivity index (χ1n) is 10.2. The van der Waals surface area contributed by atoms with Gasteiger partial charge in [0.25, 0.3) is 11.6 Å². The van der Waals surface area contributed by atoms with Crippen molar-refractivity contribution in [2.75, 3.05) is 31.1 Å². The second-order valence-electron chi connectivity index (χ2n) is 7.95. The van der Waals surface area contributed by atoms with E-state index in [1.807, 2.05) is 25.7 Å². The van der Waals surface area contributed by atoms with Crippen LogP contribution in [0.3, 0.4) is 0 Å². The molecule has 7 nitrogen and oxygen atoms in total. The Morgan fingerprint density at radius 1 is 1.06 bits per heavy atom. The van der Waals surface area contributed by atoms with Crippen LogP contribution < -0.4 is 10.2 Å². The van der Waals surface area contributed by atoms with Crippen molar-refractivity contribution in [2.24, 2.45) is 0 Å². The molecule has 9 heteroatoms. The highest BCUT2D eigenvalue weighted by Crippen LogP contribution is 2.32. The smallest absolute Gasteiger partial charge is 0.293 e. The minimum Gasteiger partial charge on any atom is -0.363 e. The number of piperazine rings is 1. The SMILES string of the molecule is CC(C)NC(=O)c1ccc(N2CCN(C(C)c3ccc(F)cc3F)CC2)c([N+](=O)[O-])c1. The van der Waals surface area contributed by atoms with E-state index in [1.54, 1.807) is 12.1 Å². The van der Waals surface area contributed by atoms with Gasteiger partial charge in [0.1, 0.15) is 17.3 Å². The van der Waals surface area contributed by atoms with Crippen LogP contribution in [0, 0.1) is 21.7 Å². The van der Waals surface area contributed by atoms with E-state index >= 15 is 0 Å². The molecule has 0 aromatic heterocycles. The third-order valence-electron chi connectivity index (χ3n) is 5.47. The zero-order chi connectivity index (χ0) is 22.7. The topological polar surface area (TPSA) is 78.7 Å². The molecule has 2 aromatic rings. The number of benzene rings is 2. The van der Waals surface area contributed by atoms with E-state index in [2.05, 4.69) is 10.2 Å². The molecule has 0 aliphatic carbocycles. The summed E-state index contributed by atoms with van der Waals surface area (Å²) in [7, 11) is 0. The van der Waals surface area contributed by atoms with Gasteiger partial charge in [0.15, 0.2) is 0 Å². The average molecular weight is 432 g/mol. The molecular formula is C22H26F2N4O3. The summed E-state index contributed by atoms with van der Waals surface area (Å²) < 4.78 is 27.3. The number of rotatable bonds is 6. The summed E-state index contributed by atoms with van der Waals surface area (Å²) in [5.41, 5.74) is 0.985. The van der Waals surface area contributed by atoms with Gasteiger partial charge in [-0.25, -0.2) is 8.78 Å². The predicted octanol–water partition coefficient (Wildman–Crippen LogP) is 3.89. The minimum atomic E-state index is -0.615. The normalized spacial score (nSPS) is 15.7. The summed E-state index contributed by atoms with van der Waals surface area (Å²) >= 11 is 0. The van der Waals surface area contributed by atoms with Crippen LogP contribution in [0.25, 0.3) is 0 Å². The Morgan fingerprint density at radius 2 is 1.74 bits per heavy atom. The Balaban J connectivity index is 1.74. The summed E-state index contributed by atoms with van der Waals surface area (Å²) in [6.07, 6.45) is 0. The van der Waals surface area contributed by atoms with Crippen LogP contribution >= 0.6 is 0 Å². The van der Waals surface area contributed by atoms with Gasteiger partial charge in [0.2, 0.25) is 0 Å². The van der Waals surface area contributed by atoms with Crippen molar-refractivity contribution >= 4 is 17.3 Å². The fraction of sp³-hybridized carbons (Fsp3) is 0.409. The molecule has 1 unspecified atom stereocenters. The number of nitro benzene ring substituents is 1. The van der Waals surface area contributed by atoms with Crippen molar-refractivity contribution in [3.8, 4) is 0 Å². The number of halogens is 2. The summed E-state index contributed by atoms with van der Waals surface area (Å²) in [6, 6.07) is 7.74. The fourth-order valence-corrected chi connectivity index (χ4v) is 3.81. The quantitative estimate of drug-likeness (QED) is 0.553. The Hall–Kier alpha value is -3.07. The van der Waals surface area contributed by atoms with Crippen molar-refractivity contribution in [2.45, 2.75) is 32.9 Å². The van der Waals surface area contributed by atoms with Gasteiger partial charge in [-0.15, -0.1) is 0 Å². The molecule has 1 atom stereocenters. The number of hydrogen-bond donors (Lipinski definition) is 1. The zero-order valence-electron chi connectivity index (χ0n) is 17.8. The van der Waals surface area contributed by atoms with Gasteiger partial charge in [0.05, 0.1) is 4.92 Å². The number of carbonyl (C=O) groups is 1. The second-order valence-corrected chi connectivity index (χ2v) is 7.95. The lowest BCUT2D eigenvalue weighted by molar-refractivity contribution is -0.384. The fourth-order valence-electron chi connectivity index (χ4n) is 3.81. The third kappa shape index (κ3) is 5.16. The Morgan fingerprint density at radius 3 is 2.32 bits per heavy atom. The number of hydrogen-bond acceptors (Lipinski definition) is 5. The van der Waals surface area contributed by atoms with Gasteiger partial charge < -0.3 is 10.2 Å². The predicted molar refractivity (Wildman–Crippen MR) is 114 cm³/mol. The minimum absolute atomic E-state index is 0.0766. The molecule has 166 valence electrons. The molecule has 1 N–H and O–H groups in total. The van der Waals surface area contributed by atoms with Crippen LogP contribution in [0.1, 0.15) is 42.7 Å². The molecule has 1 fully saturated rings. The van der Waals surface area contributed by atoms with Crippen LogP contribution in [0.4, 0.5) is 20.2 Å². The number of anilines is 1. The number of nitrogens with one attached hydrogen (secondary N) is 1. The van der Waals surface area contributed by atoms with Crippen molar-refractivity contribution in [1.82, 2.24) is 10.2 Å². The van der Waals surface area contributed by atoms with Crippen LogP contribution in [0.5, 0.6) is 0 Å². The maximum absolute atomic E-state index is 14.1. The highest BCUT2D eigenvalue weighted by Gasteiger charge is 2.28.